The van der Waals surface area contributed by atoms with Crippen LogP contribution in [0.5, 0.6) is 0 Å². The molecule has 2 aromatic carbocycles. The lowest BCUT2D eigenvalue weighted by Crippen LogP contribution is -1.98. The Bertz CT molecular complexity index is 749. The summed E-state index contributed by atoms with van der Waals surface area (Å²) in [6.45, 7) is 0.259. The summed E-state index contributed by atoms with van der Waals surface area (Å²) in [5.41, 5.74) is 7.10. The lowest BCUT2D eigenvalue weighted by Gasteiger charge is -2.04. The number of benzene rings is 2. The summed E-state index contributed by atoms with van der Waals surface area (Å²) in [7, 11) is 0. The minimum Gasteiger partial charge on any atom is -0.453 e. The maximum Gasteiger partial charge on any atom is 0.170 e. The molecule has 0 spiro atoms. The van der Waals surface area contributed by atoms with Gasteiger partial charge in [-0.05, 0) is 29.8 Å². The van der Waals surface area contributed by atoms with Crippen LogP contribution in [0.1, 0.15) is 5.56 Å². The average Bonchev–Trinajstić information content (AvgIpc) is 2.84. The van der Waals surface area contributed by atoms with Gasteiger partial charge in [-0.2, -0.15) is 0 Å². The smallest absolute Gasteiger partial charge is 0.170 e. The zero-order valence-corrected chi connectivity index (χ0v) is 9.99. The van der Waals surface area contributed by atoms with Gasteiger partial charge < -0.3 is 10.2 Å². The molecule has 0 atom stereocenters. The topological polar surface area (TPSA) is 39.2 Å². The molecule has 0 unspecified atom stereocenters. The first-order valence-corrected chi connectivity index (χ1v) is 5.86. The van der Waals surface area contributed by atoms with Gasteiger partial charge in [-0.25, -0.2) is 8.78 Å². The number of hydrogen-bond donors (Lipinski definition) is 1. The van der Waals surface area contributed by atoms with E-state index < -0.39 is 5.82 Å². The molecule has 0 aliphatic carbocycles. The molecule has 0 saturated carbocycles. The molecule has 3 rings (SSSR count). The van der Waals surface area contributed by atoms with Crippen LogP contribution in [0.2, 0.25) is 0 Å². The van der Waals surface area contributed by atoms with Crippen molar-refractivity contribution in [2.24, 2.45) is 5.73 Å². The van der Waals surface area contributed by atoms with Crippen molar-refractivity contribution in [1.29, 1.82) is 0 Å². The first kappa shape index (κ1) is 11.9. The van der Waals surface area contributed by atoms with E-state index in [2.05, 4.69) is 0 Å². The summed E-state index contributed by atoms with van der Waals surface area (Å²) < 4.78 is 32.4. The third kappa shape index (κ3) is 2.00. The Morgan fingerprint density at radius 2 is 1.89 bits per heavy atom. The Balaban J connectivity index is 2.24. The third-order valence-corrected chi connectivity index (χ3v) is 3.05. The highest BCUT2D eigenvalue weighted by Gasteiger charge is 2.13. The van der Waals surface area contributed by atoms with Gasteiger partial charge >= 0.3 is 0 Å². The summed E-state index contributed by atoms with van der Waals surface area (Å²) in [5.74, 6) is -0.400. The Kier molecular flexibility index (Phi) is 2.80. The standard InChI is InChI=1S/C15H11F2NO/c16-11-5-4-10(8-18)12(7-11)14-6-9-2-1-3-13(17)15(9)19-14/h1-7H,8,18H2. The van der Waals surface area contributed by atoms with Crippen LogP contribution in [-0.2, 0) is 6.54 Å². The van der Waals surface area contributed by atoms with E-state index in [0.29, 0.717) is 16.7 Å². The number of halogens is 2. The van der Waals surface area contributed by atoms with Crippen LogP contribution >= 0.6 is 0 Å². The Morgan fingerprint density at radius 3 is 2.63 bits per heavy atom. The summed E-state index contributed by atoms with van der Waals surface area (Å²) >= 11 is 0. The van der Waals surface area contributed by atoms with Crippen LogP contribution in [0.15, 0.2) is 46.9 Å². The highest BCUT2D eigenvalue weighted by molar-refractivity contribution is 5.83. The van der Waals surface area contributed by atoms with Crippen molar-refractivity contribution in [1.82, 2.24) is 0 Å². The average molecular weight is 259 g/mol. The number of fused-ring (bicyclic) bond motifs is 1. The van der Waals surface area contributed by atoms with Crippen LogP contribution in [0, 0.1) is 11.6 Å². The monoisotopic (exact) mass is 259 g/mol. The fraction of sp³-hybridized carbons (Fsp3) is 0.0667. The highest BCUT2D eigenvalue weighted by atomic mass is 19.1. The number of furan rings is 1. The van der Waals surface area contributed by atoms with E-state index in [1.165, 1.54) is 18.2 Å². The second kappa shape index (κ2) is 4.48. The van der Waals surface area contributed by atoms with E-state index in [9.17, 15) is 8.78 Å². The molecule has 0 bridgehead atoms. The van der Waals surface area contributed by atoms with Crippen LogP contribution in [0.3, 0.4) is 0 Å². The predicted octanol–water partition coefficient (Wildman–Crippen LogP) is 3.84. The van der Waals surface area contributed by atoms with Gasteiger partial charge in [-0.1, -0.05) is 18.2 Å². The molecule has 0 radical (unpaired) electrons. The SMILES string of the molecule is NCc1ccc(F)cc1-c1cc2cccc(F)c2o1. The first-order valence-electron chi connectivity index (χ1n) is 5.86. The van der Waals surface area contributed by atoms with Gasteiger partial charge in [0.2, 0.25) is 0 Å². The van der Waals surface area contributed by atoms with Crippen molar-refractivity contribution in [3.63, 3.8) is 0 Å². The van der Waals surface area contributed by atoms with Crippen LogP contribution in [0.4, 0.5) is 8.78 Å². The van der Waals surface area contributed by atoms with Crippen LogP contribution < -0.4 is 5.73 Å². The van der Waals surface area contributed by atoms with E-state index in [1.54, 1.807) is 24.3 Å². The van der Waals surface area contributed by atoms with Crippen molar-refractivity contribution >= 4 is 11.0 Å². The molecule has 19 heavy (non-hydrogen) atoms. The summed E-state index contributed by atoms with van der Waals surface area (Å²) in [5, 5.41) is 0.641. The fourth-order valence-corrected chi connectivity index (χ4v) is 2.12. The van der Waals surface area contributed by atoms with E-state index in [0.717, 1.165) is 5.56 Å². The van der Waals surface area contributed by atoms with Gasteiger partial charge in [0.15, 0.2) is 11.4 Å². The first-order chi connectivity index (χ1) is 9.19. The van der Waals surface area contributed by atoms with Gasteiger partial charge in [0.1, 0.15) is 11.6 Å². The maximum atomic E-state index is 13.6. The normalized spacial score (nSPS) is 11.1. The van der Waals surface area contributed by atoms with E-state index in [-0.39, 0.29) is 17.9 Å². The van der Waals surface area contributed by atoms with Gasteiger partial charge in [-0.3, -0.25) is 0 Å². The molecule has 0 aliphatic rings. The minimum absolute atomic E-state index is 0.171. The van der Waals surface area contributed by atoms with Crippen molar-refractivity contribution in [3.05, 3.63) is 59.7 Å². The van der Waals surface area contributed by atoms with Gasteiger partial charge in [-0.15, -0.1) is 0 Å². The fourth-order valence-electron chi connectivity index (χ4n) is 2.12. The molecule has 2 nitrogen and oxygen atoms in total. The van der Waals surface area contributed by atoms with Gasteiger partial charge in [0, 0.05) is 17.5 Å². The minimum atomic E-state index is -0.436. The molecular weight excluding hydrogens is 248 g/mol. The predicted molar refractivity (Wildman–Crippen MR) is 69.5 cm³/mol. The quantitative estimate of drug-likeness (QED) is 0.759. The molecular formula is C15H11F2NO. The molecule has 0 saturated heterocycles. The third-order valence-electron chi connectivity index (χ3n) is 3.05. The lowest BCUT2D eigenvalue weighted by atomic mass is 10.0. The lowest BCUT2D eigenvalue weighted by molar-refractivity contribution is 0.567. The van der Waals surface area contributed by atoms with Gasteiger partial charge in [0.25, 0.3) is 0 Å². The number of hydrogen-bond acceptors (Lipinski definition) is 2. The second-order valence-electron chi connectivity index (χ2n) is 4.27. The van der Waals surface area contributed by atoms with Gasteiger partial charge in [0.05, 0.1) is 0 Å². The zero-order chi connectivity index (χ0) is 13.4. The molecule has 0 amide bonds. The molecule has 96 valence electrons. The summed E-state index contributed by atoms with van der Waals surface area (Å²) in [6.07, 6.45) is 0. The highest BCUT2D eigenvalue weighted by Crippen LogP contribution is 2.31. The number of nitrogens with two attached hydrogens (primary N) is 1. The Hall–Kier alpha value is -2.20. The van der Waals surface area contributed by atoms with Crippen LogP contribution in [0.25, 0.3) is 22.3 Å². The van der Waals surface area contributed by atoms with Crippen molar-refractivity contribution in [2.45, 2.75) is 6.54 Å². The second-order valence-corrected chi connectivity index (χ2v) is 4.27. The van der Waals surface area contributed by atoms with E-state index in [4.69, 9.17) is 10.2 Å². The summed E-state index contributed by atoms with van der Waals surface area (Å²) in [6, 6.07) is 10.7. The van der Waals surface area contributed by atoms with Crippen molar-refractivity contribution in [2.75, 3.05) is 0 Å². The Labute approximate surface area is 108 Å². The number of para-hydroxylation sites is 1. The summed E-state index contributed by atoms with van der Waals surface area (Å²) in [4.78, 5) is 0. The molecule has 3 aromatic rings. The maximum absolute atomic E-state index is 13.6. The largest absolute Gasteiger partial charge is 0.453 e. The van der Waals surface area contributed by atoms with Crippen molar-refractivity contribution in [3.8, 4) is 11.3 Å². The van der Waals surface area contributed by atoms with E-state index in [1.807, 2.05) is 0 Å². The molecule has 1 aromatic heterocycles. The Morgan fingerprint density at radius 1 is 1.05 bits per heavy atom. The number of rotatable bonds is 2. The van der Waals surface area contributed by atoms with Crippen molar-refractivity contribution < 1.29 is 13.2 Å². The van der Waals surface area contributed by atoms with E-state index >= 15 is 0 Å². The molecule has 0 fully saturated rings. The van der Waals surface area contributed by atoms with Crippen LogP contribution in [-0.4, -0.2) is 0 Å². The molecule has 2 N–H and O–H groups in total. The molecule has 0 aliphatic heterocycles. The molecule has 1 heterocycles. The zero-order valence-electron chi connectivity index (χ0n) is 9.99. The molecule has 4 heteroatoms.